The lowest BCUT2D eigenvalue weighted by Crippen LogP contribution is -2.38. The molecule has 1 aliphatic rings. The Labute approximate surface area is 302 Å². The molecule has 1 fully saturated rings. The first-order valence-corrected chi connectivity index (χ1v) is 18.1. The van der Waals surface area contributed by atoms with Gasteiger partial charge in [-0.3, -0.25) is 4.79 Å². The van der Waals surface area contributed by atoms with Gasteiger partial charge in [-0.05, 0) is 27.8 Å². The summed E-state index contributed by atoms with van der Waals surface area (Å²) in [5.41, 5.74) is 8.71. The zero-order valence-electron chi connectivity index (χ0n) is 28.6. The van der Waals surface area contributed by atoms with Gasteiger partial charge in [0.1, 0.15) is 5.69 Å². The molecule has 2 heterocycles. The summed E-state index contributed by atoms with van der Waals surface area (Å²) >= 11 is 1.54. The molecule has 7 rings (SSSR count). The van der Waals surface area contributed by atoms with Crippen molar-refractivity contribution in [3.05, 3.63) is 156 Å². The van der Waals surface area contributed by atoms with Crippen LogP contribution >= 0.6 is 11.8 Å². The highest BCUT2D eigenvalue weighted by molar-refractivity contribution is 7.99. The first-order valence-electron chi connectivity index (χ1n) is 17.1. The quantitative estimate of drug-likeness (QED) is 0.130. The lowest BCUT2D eigenvalue weighted by atomic mass is 9.91. The number of carbonyl (C=O) groups excluding carboxylic acids is 1. The predicted octanol–water partition coefficient (Wildman–Crippen LogP) is 9.39. The number of aliphatic hydroxyl groups is 1. The monoisotopic (exact) mass is 696 g/mol. The van der Waals surface area contributed by atoms with Crippen LogP contribution in [0, 0.1) is 5.92 Å². The van der Waals surface area contributed by atoms with E-state index in [0.717, 1.165) is 56.0 Å². The number of hydrogen-bond acceptors (Lipinski definition) is 7. The Kier molecular flexibility index (Phi) is 10.8. The molecule has 0 saturated carbocycles. The van der Waals surface area contributed by atoms with Crippen molar-refractivity contribution in [3.8, 4) is 33.7 Å². The van der Waals surface area contributed by atoms with Crippen LogP contribution in [0.5, 0.6) is 0 Å². The van der Waals surface area contributed by atoms with E-state index in [-0.39, 0.29) is 30.6 Å². The Morgan fingerprint density at radius 1 is 0.765 bits per heavy atom. The Morgan fingerprint density at radius 3 is 2.10 bits per heavy atom. The van der Waals surface area contributed by atoms with Gasteiger partial charge in [-0.2, -0.15) is 0 Å². The SMILES string of the molecule is CC(=O)NCc1ccccc1-c1ccc(C2OC(CSc3nc(-c4ccccc4)c(-c4ccccc4)o3)C(C)C(c3ccc(CO)cc3)O2)cc1. The van der Waals surface area contributed by atoms with Crippen LogP contribution in [-0.2, 0) is 27.4 Å². The molecule has 7 nitrogen and oxygen atoms in total. The summed E-state index contributed by atoms with van der Waals surface area (Å²) in [6, 6.07) is 44.4. The Morgan fingerprint density at radius 2 is 1.41 bits per heavy atom. The zero-order valence-corrected chi connectivity index (χ0v) is 29.4. The number of benzene rings is 5. The maximum Gasteiger partial charge on any atom is 0.256 e. The number of nitrogens with one attached hydrogen (secondary N) is 1. The fourth-order valence-electron chi connectivity index (χ4n) is 6.40. The van der Waals surface area contributed by atoms with Crippen molar-refractivity contribution < 1.29 is 23.8 Å². The Balaban J connectivity index is 1.16. The number of carbonyl (C=O) groups is 1. The molecule has 4 unspecified atom stereocenters. The Hall–Kier alpha value is -4.99. The number of ether oxygens (including phenoxy) is 2. The molecule has 0 spiro atoms. The Bertz CT molecular complexity index is 1990. The fourth-order valence-corrected chi connectivity index (χ4v) is 7.39. The van der Waals surface area contributed by atoms with Gasteiger partial charge in [-0.15, -0.1) is 0 Å². The van der Waals surface area contributed by atoms with Crippen LogP contribution < -0.4 is 5.32 Å². The van der Waals surface area contributed by atoms with E-state index in [2.05, 4.69) is 30.4 Å². The van der Waals surface area contributed by atoms with Crippen LogP contribution in [0.4, 0.5) is 0 Å². The number of nitrogens with zero attached hydrogens (tertiary/aromatic N) is 1. The van der Waals surface area contributed by atoms with Gasteiger partial charge in [-0.1, -0.05) is 152 Å². The molecule has 0 radical (unpaired) electrons. The van der Waals surface area contributed by atoms with Gasteiger partial charge < -0.3 is 24.3 Å². The minimum Gasteiger partial charge on any atom is -0.431 e. The summed E-state index contributed by atoms with van der Waals surface area (Å²) in [5.74, 6) is 1.28. The number of hydrogen-bond donors (Lipinski definition) is 2. The molecule has 8 heteroatoms. The third-order valence-electron chi connectivity index (χ3n) is 9.22. The molecule has 258 valence electrons. The summed E-state index contributed by atoms with van der Waals surface area (Å²) in [6.45, 7) is 4.12. The molecule has 0 aliphatic carbocycles. The van der Waals surface area contributed by atoms with Crippen LogP contribution in [-0.4, -0.2) is 27.9 Å². The molecule has 0 bridgehead atoms. The molecule has 1 amide bonds. The summed E-state index contributed by atoms with van der Waals surface area (Å²) in [6.07, 6.45) is -1.05. The van der Waals surface area contributed by atoms with E-state index in [1.54, 1.807) is 11.8 Å². The average molecular weight is 697 g/mol. The first kappa shape index (κ1) is 34.5. The van der Waals surface area contributed by atoms with E-state index in [4.69, 9.17) is 18.9 Å². The second-order valence-corrected chi connectivity index (χ2v) is 13.7. The molecule has 51 heavy (non-hydrogen) atoms. The molecule has 1 saturated heterocycles. The predicted molar refractivity (Wildman–Crippen MR) is 200 cm³/mol. The number of oxazole rings is 1. The van der Waals surface area contributed by atoms with E-state index in [1.165, 1.54) is 6.92 Å². The zero-order chi connectivity index (χ0) is 35.2. The summed E-state index contributed by atoms with van der Waals surface area (Å²) in [5, 5.41) is 13.1. The highest BCUT2D eigenvalue weighted by Gasteiger charge is 2.38. The standard InChI is InChI=1S/C43H40N2O5S/c1-28-38(27-51-43-45-39(32-11-5-3-6-12-32)41(50-43)33-13-7-4-8-14-33)48-42(49-40(28)34-19-17-30(26-46)18-20-34)35-23-21-31(22-24-35)37-16-10-9-15-36(37)25-44-29(2)47/h3-24,28,38,40,42,46H,25-27H2,1-2H3,(H,44,47). The molecular weight excluding hydrogens is 657 g/mol. The van der Waals surface area contributed by atoms with Crippen molar-refractivity contribution in [3.63, 3.8) is 0 Å². The molecule has 5 aromatic carbocycles. The maximum atomic E-state index is 11.6. The number of aliphatic hydroxyl groups excluding tert-OH is 1. The van der Waals surface area contributed by atoms with Crippen LogP contribution in [0.25, 0.3) is 33.7 Å². The van der Waals surface area contributed by atoms with E-state index >= 15 is 0 Å². The van der Waals surface area contributed by atoms with Crippen molar-refractivity contribution in [2.24, 2.45) is 5.92 Å². The van der Waals surface area contributed by atoms with Crippen LogP contribution in [0.2, 0.25) is 0 Å². The normalized spacial score (nSPS) is 18.7. The van der Waals surface area contributed by atoms with Crippen LogP contribution in [0.3, 0.4) is 0 Å². The topological polar surface area (TPSA) is 93.8 Å². The lowest BCUT2D eigenvalue weighted by Gasteiger charge is -2.41. The van der Waals surface area contributed by atoms with E-state index in [9.17, 15) is 9.90 Å². The minimum atomic E-state index is -0.609. The minimum absolute atomic E-state index is 0.00537. The highest BCUT2D eigenvalue weighted by atomic mass is 32.2. The molecular formula is C43H40N2O5S. The van der Waals surface area contributed by atoms with Gasteiger partial charge in [0.25, 0.3) is 5.22 Å². The van der Waals surface area contributed by atoms with Gasteiger partial charge in [0.15, 0.2) is 12.1 Å². The van der Waals surface area contributed by atoms with Gasteiger partial charge in [0.05, 0.1) is 18.8 Å². The summed E-state index contributed by atoms with van der Waals surface area (Å²) in [4.78, 5) is 16.6. The third-order valence-corrected chi connectivity index (χ3v) is 10.1. The van der Waals surface area contributed by atoms with E-state index in [0.29, 0.717) is 17.5 Å². The van der Waals surface area contributed by atoms with Crippen molar-refractivity contribution >= 4 is 17.7 Å². The highest BCUT2D eigenvalue weighted by Crippen LogP contribution is 2.44. The van der Waals surface area contributed by atoms with Crippen molar-refractivity contribution in [1.82, 2.24) is 10.3 Å². The fraction of sp³-hybridized carbons (Fsp3) is 0.209. The van der Waals surface area contributed by atoms with Gasteiger partial charge >= 0.3 is 0 Å². The third kappa shape index (κ3) is 8.00. The molecule has 2 N–H and O–H groups in total. The van der Waals surface area contributed by atoms with E-state index < -0.39 is 6.29 Å². The van der Waals surface area contributed by atoms with Gasteiger partial charge in [0, 0.05) is 41.8 Å². The second kappa shape index (κ2) is 15.9. The van der Waals surface area contributed by atoms with Gasteiger partial charge in [0.2, 0.25) is 5.91 Å². The van der Waals surface area contributed by atoms with Gasteiger partial charge in [-0.25, -0.2) is 4.98 Å². The average Bonchev–Trinajstić information content (AvgIpc) is 3.62. The van der Waals surface area contributed by atoms with Crippen LogP contribution in [0.15, 0.2) is 143 Å². The smallest absolute Gasteiger partial charge is 0.256 e. The largest absolute Gasteiger partial charge is 0.431 e. The number of aromatic nitrogens is 1. The molecule has 1 aromatic heterocycles. The van der Waals surface area contributed by atoms with Crippen molar-refractivity contribution in [2.45, 2.75) is 50.7 Å². The molecule has 1 aliphatic heterocycles. The molecule has 4 atom stereocenters. The molecule has 6 aromatic rings. The first-order chi connectivity index (χ1) is 25.0. The van der Waals surface area contributed by atoms with Crippen molar-refractivity contribution in [2.75, 3.05) is 5.75 Å². The van der Waals surface area contributed by atoms with Crippen LogP contribution in [0.1, 0.15) is 48.5 Å². The number of amides is 1. The van der Waals surface area contributed by atoms with Crippen molar-refractivity contribution in [1.29, 1.82) is 0 Å². The summed E-state index contributed by atoms with van der Waals surface area (Å²) < 4.78 is 19.9. The van der Waals surface area contributed by atoms with E-state index in [1.807, 2.05) is 115 Å². The second-order valence-electron chi connectivity index (χ2n) is 12.7. The number of rotatable bonds is 11. The lowest BCUT2D eigenvalue weighted by molar-refractivity contribution is -0.268. The number of thioether (sulfide) groups is 1. The maximum absolute atomic E-state index is 11.6. The summed E-state index contributed by atoms with van der Waals surface area (Å²) in [7, 11) is 0.